The van der Waals surface area contributed by atoms with Crippen molar-refractivity contribution in [2.75, 3.05) is 23.7 Å². The van der Waals surface area contributed by atoms with Gasteiger partial charge in [0.25, 0.3) is 0 Å². The Morgan fingerprint density at radius 3 is 2.20 bits per heavy atom. The van der Waals surface area contributed by atoms with E-state index >= 15 is 0 Å². The zero-order valence-corrected chi connectivity index (χ0v) is 13.0. The molecule has 1 rings (SSSR count). The molecule has 0 bridgehead atoms. The molecule has 1 heterocycles. The highest BCUT2D eigenvalue weighted by atomic mass is 16.1. The highest BCUT2D eigenvalue weighted by Crippen LogP contribution is 2.26. The summed E-state index contributed by atoms with van der Waals surface area (Å²) in [5.74, 6) is 1.78. The third-order valence-corrected chi connectivity index (χ3v) is 2.79. The van der Waals surface area contributed by atoms with Gasteiger partial charge in [-0.3, -0.25) is 4.79 Å². The molecule has 0 spiro atoms. The second-order valence-corrected chi connectivity index (χ2v) is 5.87. The Bertz CT molecular complexity index is 479. The maximum Gasteiger partial charge on any atom is 0.236 e. The van der Waals surface area contributed by atoms with Crippen molar-refractivity contribution in [3.63, 3.8) is 0 Å². The van der Waals surface area contributed by atoms with Crippen LogP contribution in [0.5, 0.6) is 0 Å². The average Bonchev–Trinajstić information content (AvgIpc) is 2.34. The van der Waals surface area contributed by atoms with Crippen molar-refractivity contribution < 1.29 is 4.79 Å². The van der Waals surface area contributed by atoms with E-state index in [0.29, 0.717) is 5.82 Å². The number of carbonyl (C=O) groups excluding carboxylic acids is 1. The number of carbonyl (C=O) groups is 1. The van der Waals surface area contributed by atoms with Gasteiger partial charge in [0.1, 0.15) is 17.5 Å². The zero-order chi connectivity index (χ0) is 15.3. The lowest BCUT2D eigenvalue weighted by molar-refractivity contribution is -0.116. The monoisotopic (exact) mass is 279 g/mol. The van der Waals surface area contributed by atoms with E-state index in [9.17, 15) is 4.79 Å². The van der Waals surface area contributed by atoms with Crippen molar-refractivity contribution >= 4 is 17.5 Å². The minimum Gasteiger partial charge on any atom is -0.370 e. The van der Waals surface area contributed by atoms with Gasteiger partial charge < -0.3 is 16.4 Å². The summed E-state index contributed by atoms with van der Waals surface area (Å²) < 4.78 is 0. The van der Waals surface area contributed by atoms with E-state index in [1.807, 2.05) is 6.92 Å². The van der Waals surface area contributed by atoms with E-state index in [1.54, 1.807) is 0 Å². The van der Waals surface area contributed by atoms with Crippen LogP contribution in [0, 0.1) is 6.92 Å². The van der Waals surface area contributed by atoms with Crippen LogP contribution in [0.3, 0.4) is 0 Å². The van der Waals surface area contributed by atoms with Crippen molar-refractivity contribution in [2.45, 2.75) is 46.5 Å². The Morgan fingerprint density at radius 1 is 1.20 bits per heavy atom. The van der Waals surface area contributed by atoms with E-state index in [1.165, 1.54) is 0 Å². The first-order valence-electron chi connectivity index (χ1n) is 6.90. The summed E-state index contributed by atoms with van der Waals surface area (Å²) in [4.78, 5) is 20.0. The largest absolute Gasteiger partial charge is 0.370 e. The molecule has 0 atom stereocenters. The number of hydrogen-bond acceptors (Lipinski definition) is 5. The van der Waals surface area contributed by atoms with Crippen molar-refractivity contribution in [2.24, 2.45) is 5.73 Å². The minimum absolute atomic E-state index is 0.0641. The van der Waals surface area contributed by atoms with Crippen LogP contribution in [0.1, 0.15) is 45.5 Å². The molecule has 0 fully saturated rings. The second-order valence-electron chi connectivity index (χ2n) is 5.87. The van der Waals surface area contributed by atoms with Gasteiger partial charge >= 0.3 is 0 Å². The number of anilines is 2. The number of nitrogens with two attached hydrogens (primary N) is 1. The molecule has 20 heavy (non-hydrogen) atoms. The lowest BCUT2D eigenvalue weighted by Gasteiger charge is -2.21. The van der Waals surface area contributed by atoms with Gasteiger partial charge in [-0.15, -0.1) is 0 Å². The molecule has 0 aliphatic carbocycles. The maximum absolute atomic E-state index is 10.9. The van der Waals surface area contributed by atoms with Crippen LogP contribution in [0.15, 0.2) is 0 Å². The van der Waals surface area contributed by atoms with Crippen LogP contribution in [0.2, 0.25) is 0 Å². The molecule has 0 saturated heterocycles. The summed E-state index contributed by atoms with van der Waals surface area (Å²) >= 11 is 0. The Morgan fingerprint density at radius 2 is 1.75 bits per heavy atom. The molecule has 0 saturated carbocycles. The number of hydrogen-bond donors (Lipinski definition) is 3. The van der Waals surface area contributed by atoms with Gasteiger partial charge in [0, 0.05) is 17.5 Å². The number of aromatic nitrogens is 2. The number of nitrogens with zero attached hydrogens (tertiary/aromatic N) is 2. The fourth-order valence-electron chi connectivity index (χ4n) is 1.61. The predicted molar refractivity (Wildman–Crippen MR) is 81.9 cm³/mol. The van der Waals surface area contributed by atoms with Gasteiger partial charge in [0.05, 0.1) is 6.54 Å². The van der Waals surface area contributed by atoms with E-state index in [2.05, 4.69) is 48.3 Å². The molecular formula is C14H25N5O. The van der Waals surface area contributed by atoms with Crippen molar-refractivity contribution in [3.8, 4) is 0 Å². The number of nitrogens with one attached hydrogen (secondary N) is 2. The highest BCUT2D eigenvalue weighted by molar-refractivity contribution is 5.79. The summed E-state index contributed by atoms with van der Waals surface area (Å²) in [6.07, 6.45) is 1.01. The van der Waals surface area contributed by atoms with Gasteiger partial charge in [0.2, 0.25) is 5.91 Å². The van der Waals surface area contributed by atoms with E-state index in [4.69, 9.17) is 5.73 Å². The Hall–Kier alpha value is -1.85. The quantitative estimate of drug-likeness (QED) is 0.738. The minimum atomic E-state index is -0.414. The van der Waals surface area contributed by atoms with E-state index in [0.717, 1.165) is 30.2 Å². The molecular weight excluding hydrogens is 254 g/mol. The van der Waals surface area contributed by atoms with Crippen LogP contribution in [-0.2, 0) is 10.2 Å². The molecule has 1 aromatic rings. The summed E-state index contributed by atoms with van der Waals surface area (Å²) in [5.41, 5.74) is 5.90. The van der Waals surface area contributed by atoms with Crippen LogP contribution in [0.25, 0.3) is 0 Å². The predicted octanol–water partition coefficient (Wildman–Crippen LogP) is 1.80. The standard InChI is InChI=1S/C14H25N5O/c1-6-7-16-11-9(2)12(17-8-10(15)20)19-13(18-11)14(3,4)5/h6-8H2,1-5H3,(H2,15,20)(H2,16,17,18,19). The van der Waals surface area contributed by atoms with Crippen molar-refractivity contribution in [1.82, 2.24) is 9.97 Å². The smallest absolute Gasteiger partial charge is 0.236 e. The van der Waals surface area contributed by atoms with Crippen molar-refractivity contribution in [3.05, 3.63) is 11.4 Å². The first kappa shape index (κ1) is 16.2. The molecule has 1 amide bonds. The topological polar surface area (TPSA) is 92.9 Å². The van der Waals surface area contributed by atoms with Crippen molar-refractivity contribution in [1.29, 1.82) is 0 Å². The third-order valence-electron chi connectivity index (χ3n) is 2.79. The maximum atomic E-state index is 10.9. The zero-order valence-electron chi connectivity index (χ0n) is 13.0. The van der Waals surface area contributed by atoms with Crippen LogP contribution in [0.4, 0.5) is 11.6 Å². The molecule has 0 unspecified atom stereocenters. The molecule has 112 valence electrons. The molecule has 6 nitrogen and oxygen atoms in total. The molecule has 0 aliphatic heterocycles. The first-order valence-corrected chi connectivity index (χ1v) is 6.90. The lowest BCUT2D eigenvalue weighted by atomic mass is 9.95. The summed E-state index contributed by atoms with van der Waals surface area (Å²) in [5, 5.41) is 6.27. The summed E-state index contributed by atoms with van der Waals surface area (Å²) in [6.45, 7) is 11.1. The van der Waals surface area contributed by atoms with Gasteiger partial charge in [-0.25, -0.2) is 9.97 Å². The Balaban J connectivity index is 3.16. The number of primary amides is 1. The number of amides is 1. The van der Waals surface area contributed by atoms with Crippen LogP contribution >= 0.6 is 0 Å². The van der Waals surface area contributed by atoms with E-state index < -0.39 is 5.91 Å². The SMILES string of the molecule is CCCNc1nc(C(C)(C)C)nc(NCC(N)=O)c1C. The highest BCUT2D eigenvalue weighted by Gasteiger charge is 2.21. The fourth-order valence-corrected chi connectivity index (χ4v) is 1.61. The summed E-state index contributed by atoms with van der Waals surface area (Å²) in [7, 11) is 0. The molecule has 6 heteroatoms. The van der Waals surface area contributed by atoms with Gasteiger partial charge in [-0.1, -0.05) is 27.7 Å². The van der Waals surface area contributed by atoms with Crippen LogP contribution in [-0.4, -0.2) is 29.0 Å². The molecule has 0 aromatic carbocycles. The average molecular weight is 279 g/mol. The second kappa shape index (κ2) is 6.54. The van der Waals surface area contributed by atoms with Gasteiger partial charge in [-0.05, 0) is 13.3 Å². The third kappa shape index (κ3) is 4.36. The molecule has 0 radical (unpaired) electrons. The number of rotatable bonds is 6. The molecule has 0 aliphatic rings. The lowest BCUT2D eigenvalue weighted by Crippen LogP contribution is -2.25. The van der Waals surface area contributed by atoms with Gasteiger partial charge in [0.15, 0.2) is 0 Å². The van der Waals surface area contributed by atoms with E-state index in [-0.39, 0.29) is 12.0 Å². The Labute approximate surface area is 120 Å². The normalized spacial score (nSPS) is 11.2. The summed E-state index contributed by atoms with van der Waals surface area (Å²) in [6, 6.07) is 0. The Kier molecular flexibility index (Phi) is 5.30. The fraction of sp³-hybridized carbons (Fsp3) is 0.643. The molecule has 4 N–H and O–H groups in total. The molecule has 1 aromatic heterocycles. The first-order chi connectivity index (χ1) is 9.25. The van der Waals surface area contributed by atoms with Gasteiger partial charge in [-0.2, -0.15) is 0 Å². The van der Waals surface area contributed by atoms with Crippen LogP contribution < -0.4 is 16.4 Å².